The third kappa shape index (κ3) is 8.65. The average molecular weight is 246 g/mol. The third-order valence-corrected chi connectivity index (χ3v) is 4.06. The molecule has 0 radical (unpaired) electrons. The first-order chi connectivity index (χ1) is 7.59. The molecule has 1 atom stereocenters. The van der Waals surface area contributed by atoms with Gasteiger partial charge in [-0.2, -0.15) is 0 Å². The zero-order valence-electron chi connectivity index (χ0n) is 13.1. The van der Waals surface area contributed by atoms with Gasteiger partial charge in [0.2, 0.25) is 0 Å². The summed E-state index contributed by atoms with van der Waals surface area (Å²) in [6.45, 7) is 13.6. The SMILES string of the molecule is CC.CC(C)CCC(C)C1CCC(C)CC1.O.[HH]. The van der Waals surface area contributed by atoms with Gasteiger partial charge in [0.1, 0.15) is 0 Å². The fourth-order valence-corrected chi connectivity index (χ4v) is 2.69. The van der Waals surface area contributed by atoms with Crippen LogP contribution in [0.5, 0.6) is 0 Å². The minimum Gasteiger partial charge on any atom is -0.412 e. The molecular formula is C16H38O. The Morgan fingerprint density at radius 2 is 1.41 bits per heavy atom. The Bertz CT molecular complexity index is 151. The summed E-state index contributed by atoms with van der Waals surface area (Å²) in [7, 11) is 0. The van der Waals surface area contributed by atoms with Crippen LogP contribution in [-0.2, 0) is 0 Å². The maximum absolute atomic E-state index is 2.48. The Kier molecular flexibility index (Phi) is 12.6. The van der Waals surface area contributed by atoms with Crippen LogP contribution in [0.2, 0.25) is 0 Å². The van der Waals surface area contributed by atoms with Crippen LogP contribution in [0.1, 0.15) is 81.5 Å². The van der Waals surface area contributed by atoms with E-state index in [1.54, 1.807) is 0 Å². The van der Waals surface area contributed by atoms with Gasteiger partial charge >= 0.3 is 0 Å². The Balaban J connectivity index is -0.000000534. The summed E-state index contributed by atoms with van der Waals surface area (Å²) in [5.74, 6) is 3.92. The smallest absolute Gasteiger partial charge is 0 e. The molecule has 2 N–H and O–H groups in total. The largest absolute Gasteiger partial charge is 0.412 e. The van der Waals surface area contributed by atoms with Gasteiger partial charge < -0.3 is 5.48 Å². The summed E-state index contributed by atoms with van der Waals surface area (Å²) in [6.07, 6.45) is 8.85. The van der Waals surface area contributed by atoms with Crippen LogP contribution in [0.4, 0.5) is 0 Å². The second-order valence-corrected chi connectivity index (χ2v) is 5.97. The van der Waals surface area contributed by atoms with Crippen molar-refractivity contribution in [2.45, 2.75) is 80.1 Å². The van der Waals surface area contributed by atoms with Gasteiger partial charge in [-0.1, -0.05) is 67.2 Å². The maximum Gasteiger partial charge on any atom is 0 e. The van der Waals surface area contributed by atoms with Crippen molar-refractivity contribution >= 4 is 0 Å². The van der Waals surface area contributed by atoms with Crippen LogP contribution in [0.15, 0.2) is 0 Å². The van der Waals surface area contributed by atoms with Gasteiger partial charge in [-0.05, 0) is 36.5 Å². The molecule has 1 unspecified atom stereocenters. The molecule has 0 saturated heterocycles. The minimum atomic E-state index is 0. The van der Waals surface area contributed by atoms with Gasteiger partial charge in [0.25, 0.3) is 0 Å². The minimum absolute atomic E-state index is 0. The van der Waals surface area contributed by atoms with Crippen LogP contribution in [0.25, 0.3) is 0 Å². The van der Waals surface area contributed by atoms with Gasteiger partial charge in [0.05, 0.1) is 0 Å². The summed E-state index contributed by atoms with van der Waals surface area (Å²) in [5, 5.41) is 0. The van der Waals surface area contributed by atoms with Gasteiger partial charge in [0.15, 0.2) is 0 Å². The standard InChI is InChI=1S/C14H28.C2H6.H2O.H2/c1-11(2)5-8-13(4)14-9-6-12(3)7-10-14;1-2;;/h11-14H,5-10H2,1-4H3;1-2H3;1H2;1H. The average Bonchev–Trinajstić information content (AvgIpc) is 2.29. The van der Waals surface area contributed by atoms with Gasteiger partial charge in [-0.25, -0.2) is 0 Å². The molecule has 0 amide bonds. The zero-order chi connectivity index (χ0) is 12.6. The van der Waals surface area contributed by atoms with Gasteiger partial charge in [-0.15, -0.1) is 0 Å². The predicted octanol–water partition coefficient (Wildman–Crippen LogP) is 5.33. The van der Waals surface area contributed by atoms with E-state index in [0.717, 1.165) is 23.7 Å². The summed E-state index contributed by atoms with van der Waals surface area (Å²) in [6, 6.07) is 0. The fourth-order valence-electron chi connectivity index (χ4n) is 2.69. The first-order valence-corrected chi connectivity index (χ1v) is 7.59. The van der Waals surface area contributed by atoms with E-state index in [-0.39, 0.29) is 6.90 Å². The van der Waals surface area contributed by atoms with Crippen LogP contribution in [0.3, 0.4) is 0 Å². The molecule has 0 aromatic heterocycles. The molecule has 0 bridgehead atoms. The molecule has 108 valence electrons. The van der Waals surface area contributed by atoms with Crippen LogP contribution >= 0.6 is 0 Å². The van der Waals surface area contributed by atoms with Crippen molar-refractivity contribution in [1.29, 1.82) is 0 Å². The first-order valence-electron chi connectivity index (χ1n) is 7.59. The van der Waals surface area contributed by atoms with Crippen LogP contribution < -0.4 is 0 Å². The maximum atomic E-state index is 2.48. The van der Waals surface area contributed by atoms with E-state index in [9.17, 15) is 0 Å². The molecule has 0 aromatic rings. The molecule has 1 fully saturated rings. The fraction of sp³-hybridized carbons (Fsp3) is 1.00. The number of hydrogen-bond acceptors (Lipinski definition) is 0. The molecule has 1 aliphatic carbocycles. The van der Waals surface area contributed by atoms with Gasteiger partial charge in [-0.3, -0.25) is 0 Å². The van der Waals surface area contributed by atoms with Crippen molar-refractivity contribution in [3.8, 4) is 0 Å². The van der Waals surface area contributed by atoms with Crippen molar-refractivity contribution < 1.29 is 6.90 Å². The zero-order valence-corrected chi connectivity index (χ0v) is 13.1. The predicted molar refractivity (Wildman–Crippen MR) is 81.4 cm³/mol. The van der Waals surface area contributed by atoms with Crippen LogP contribution in [0, 0.1) is 23.7 Å². The molecule has 1 nitrogen and oxygen atoms in total. The Hall–Kier alpha value is -0.0400. The highest BCUT2D eigenvalue weighted by atomic mass is 16.0. The summed E-state index contributed by atoms with van der Waals surface area (Å²) >= 11 is 0. The molecule has 1 saturated carbocycles. The lowest BCUT2D eigenvalue weighted by molar-refractivity contribution is 0.209. The third-order valence-electron chi connectivity index (χ3n) is 4.06. The highest BCUT2D eigenvalue weighted by molar-refractivity contribution is 4.74. The molecule has 0 heterocycles. The van der Waals surface area contributed by atoms with E-state index in [2.05, 4.69) is 27.7 Å². The van der Waals surface area contributed by atoms with Crippen molar-refractivity contribution in [3.63, 3.8) is 0 Å². The lowest BCUT2D eigenvalue weighted by Gasteiger charge is -2.31. The Morgan fingerprint density at radius 3 is 1.82 bits per heavy atom. The molecule has 1 aliphatic rings. The van der Waals surface area contributed by atoms with Crippen LogP contribution in [-0.4, -0.2) is 5.48 Å². The van der Waals surface area contributed by atoms with E-state index in [0.29, 0.717) is 0 Å². The van der Waals surface area contributed by atoms with E-state index in [1.165, 1.54) is 38.5 Å². The quantitative estimate of drug-likeness (QED) is 0.642. The first kappa shape index (κ1) is 19.3. The lowest BCUT2D eigenvalue weighted by atomic mass is 9.75. The lowest BCUT2D eigenvalue weighted by Crippen LogP contribution is -2.19. The highest BCUT2D eigenvalue weighted by Crippen LogP contribution is 2.35. The van der Waals surface area contributed by atoms with Crippen molar-refractivity contribution in [2.75, 3.05) is 0 Å². The second kappa shape index (κ2) is 11.1. The van der Waals surface area contributed by atoms with Crippen molar-refractivity contribution in [3.05, 3.63) is 0 Å². The summed E-state index contributed by atoms with van der Waals surface area (Å²) < 4.78 is 0. The molecule has 0 spiro atoms. The normalized spacial score (nSPS) is 25.6. The second-order valence-electron chi connectivity index (χ2n) is 5.97. The van der Waals surface area contributed by atoms with Crippen molar-refractivity contribution in [2.24, 2.45) is 23.7 Å². The van der Waals surface area contributed by atoms with E-state index < -0.39 is 0 Å². The van der Waals surface area contributed by atoms with E-state index in [1.807, 2.05) is 13.8 Å². The Labute approximate surface area is 111 Å². The van der Waals surface area contributed by atoms with E-state index >= 15 is 0 Å². The monoisotopic (exact) mass is 246 g/mol. The summed E-state index contributed by atoms with van der Waals surface area (Å²) in [4.78, 5) is 0. The summed E-state index contributed by atoms with van der Waals surface area (Å²) in [5.41, 5.74) is 0. The Morgan fingerprint density at radius 1 is 0.941 bits per heavy atom. The molecular weight excluding hydrogens is 208 g/mol. The molecule has 0 aliphatic heterocycles. The van der Waals surface area contributed by atoms with E-state index in [4.69, 9.17) is 0 Å². The molecule has 1 rings (SSSR count). The van der Waals surface area contributed by atoms with Gasteiger partial charge in [0, 0.05) is 1.43 Å². The molecule has 17 heavy (non-hydrogen) atoms. The highest BCUT2D eigenvalue weighted by Gasteiger charge is 2.22. The molecule has 1 heteroatoms. The topological polar surface area (TPSA) is 31.5 Å². The molecule has 0 aromatic carbocycles. The van der Waals surface area contributed by atoms with Crippen molar-refractivity contribution in [1.82, 2.24) is 0 Å². The number of rotatable bonds is 4. The number of hydrogen-bond donors (Lipinski definition) is 0.